The quantitative estimate of drug-likeness (QED) is 0.527. The first-order chi connectivity index (χ1) is 6.86. The van der Waals surface area contributed by atoms with Crippen molar-refractivity contribution >= 4 is 32.5 Å². The highest BCUT2D eigenvalue weighted by Crippen LogP contribution is 2.24. The van der Waals surface area contributed by atoms with Crippen molar-refractivity contribution in [2.24, 2.45) is 0 Å². The predicted octanol–water partition coefficient (Wildman–Crippen LogP) is 2.40. The maximum absolute atomic E-state index is 11.4. The normalized spacial score (nSPS) is 11.1. The Labute approximate surface area is 82.6 Å². The van der Waals surface area contributed by atoms with Crippen LogP contribution in [0.5, 0.6) is 0 Å². The second-order valence-corrected chi connectivity index (χ2v) is 3.77. The van der Waals surface area contributed by atoms with Crippen molar-refractivity contribution in [3.63, 3.8) is 0 Å². The molecule has 0 spiro atoms. The predicted molar refractivity (Wildman–Crippen MR) is 55.7 cm³/mol. The van der Waals surface area contributed by atoms with Gasteiger partial charge in [0, 0.05) is 5.39 Å². The molecule has 0 bridgehead atoms. The SMILES string of the molecule is O=c1oc2ccccc2c2scnc12. The van der Waals surface area contributed by atoms with E-state index in [0.29, 0.717) is 11.1 Å². The number of hydrogen-bond donors (Lipinski definition) is 0. The van der Waals surface area contributed by atoms with Crippen LogP contribution >= 0.6 is 11.3 Å². The Bertz CT molecular complexity index is 668. The van der Waals surface area contributed by atoms with E-state index in [1.807, 2.05) is 18.2 Å². The molecule has 0 N–H and O–H groups in total. The Balaban J connectivity index is 2.73. The summed E-state index contributed by atoms with van der Waals surface area (Å²) in [6.45, 7) is 0. The summed E-state index contributed by atoms with van der Waals surface area (Å²) in [5, 5.41) is 0.949. The largest absolute Gasteiger partial charge is 0.421 e. The topological polar surface area (TPSA) is 43.1 Å². The third-order valence-electron chi connectivity index (χ3n) is 2.10. The lowest BCUT2D eigenvalue weighted by Crippen LogP contribution is -1.98. The Hall–Kier alpha value is -1.68. The van der Waals surface area contributed by atoms with Crippen molar-refractivity contribution in [1.29, 1.82) is 0 Å². The van der Waals surface area contributed by atoms with Crippen LogP contribution in [0.25, 0.3) is 21.2 Å². The Kier molecular flexibility index (Phi) is 1.46. The van der Waals surface area contributed by atoms with E-state index < -0.39 is 0 Å². The molecule has 0 atom stereocenters. The second-order valence-electron chi connectivity index (χ2n) is 2.92. The summed E-state index contributed by atoms with van der Waals surface area (Å²) in [4.78, 5) is 15.4. The van der Waals surface area contributed by atoms with Crippen LogP contribution in [-0.2, 0) is 0 Å². The molecule has 1 aromatic carbocycles. The van der Waals surface area contributed by atoms with Crippen molar-refractivity contribution in [3.05, 3.63) is 40.2 Å². The summed E-state index contributed by atoms with van der Waals surface area (Å²) in [7, 11) is 0. The van der Waals surface area contributed by atoms with E-state index in [4.69, 9.17) is 4.42 Å². The molecule has 68 valence electrons. The van der Waals surface area contributed by atoms with E-state index >= 15 is 0 Å². The van der Waals surface area contributed by atoms with Crippen LogP contribution in [0.4, 0.5) is 0 Å². The summed E-state index contributed by atoms with van der Waals surface area (Å²) >= 11 is 1.46. The van der Waals surface area contributed by atoms with Crippen molar-refractivity contribution in [3.8, 4) is 0 Å². The van der Waals surface area contributed by atoms with Crippen LogP contribution in [0.2, 0.25) is 0 Å². The number of thiazole rings is 1. The van der Waals surface area contributed by atoms with Gasteiger partial charge < -0.3 is 4.42 Å². The van der Waals surface area contributed by atoms with E-state index in [0.717, 1.165) is 10.1 Å². The molecule has 2 heterocycles. The highest BCUT2D eigenvalue weighted by molar-refractivity contribution is 7.17. The average molecular weight is 203 g/mol. The van der Waals surface area contributed by atoms with Gasteiger partial charge in [-0.25, -0.2) is 9.78 Å². The van der Waals surface area contributed by atoms with Crippen LogP contribution in [0.3, 0.4) is 0 Å². The summed E-state index contributed by atoms with van der Waals surface area (Å²) in [6.07, 6.45) is 0. The molecular formula is C10H5NO2S. The fraction of sp³-hybridized carbons (Fsp3) is 0. The average Bonchev–Trinajstić information content (AvgIpc) is 2.67. The van der Waals surface area contributed by atoms with Crippen LogP contribution in [0.15, 0.2) is 39.0 Å². The lowest BCUT2D eigenvalue weighted by atomic mass is 10.2. The number of fused-ring (bicyclic) bond motifs is 3. The number of rotatable bonds is 0. The van der Waals surface area contributed by atoms with E-state index in [9.17, 15) is 4.79 Å². The smallest absolute Gasteiger partial charge is 0.363 e. The molecule has 0 saturated heterocycles. The molecule has 0 unspecified atom stereocenters. The molecule has 14 heavy (non-hydrogen) atoms. The van der Waals surface area contributed by atoms with E-state index in [1.54, 1.807) is 11.6 Å². The minimum absolute atomic E-state index is 0.361. The molecular weight excluding hydrogens is 198 g/mol. The lowest BCUT2D eigenvalue weighted by molar-refractivity contribution is 0.568. The Morgan fingerprint density at radius 3 is 3.07 bits per heavy atom. The highest BCUT2D eigenvalue weighted by Gasteiger charge is 2.08. The standard InChI is InChI=1S/C10H5NO2S/c12-10-8-9(14-5-11-8)6-3-1-2-4-7(6)13-10/h1-5H. The maximum atomic E-state index is 11.4. The maximum Gasteiger partial charge on any atom is 0.363 e. The summed E-state index contributed by atoms with van der Waals surface area (Å²) in [5.41, 5.74) is 2.34. The second kappa shape index (κ2) is 2.65. The lowest BCUT2D eigenvalue weighted by Gasteiger charge is -1.95. The molecule has 0 aliphatic heterocycles. The molecule has 3 nitrogen and oxygen atoms in total. The van der Waals surface area contributed by atoms with E-state index in [-0.39, 0.29) is 5.63 Å². The number of para-hydroxylation sites is 1. The number of benzene rings is 1. The molecule has 2 aromatic heterocycles. The van der Waals surface area contributed by atoms with Gasteiger partial charge in [0.15, 0.2) is 5.52 Å². The summed E-state index contributed by atoms with van der Waals surface area (Å²) in [6, 6.07) is 7.48. The van der Waals surface area contributed by atoms with Crippen molar-refractivity contribution in [2.75, 3.05) is 0 Å². The highest BCUT2D eigenvalue weighted by atomic mass is 32.1. The zero-order chi connectivity index (χ0) is 9.54. The number of hydrogen-bond acceptors (Lipinski definition) is 4. The first-order valence-corrected chi connectivity index (χ1v) is 4.99. The van der Waals surface area contributed by atoms with Gasteiger partial charge in [0.25, 0.3) is 0 Å². The van der Waals surface area contributed by atoms with Gasteiger partial charge in [0.2, 0.25) is 0 Å². The molecule has 4 heteroatoms. The van der Waals surface area contributed by atoms with Gasteiger partial charge in [-0.3, -0.25) is 0 Å². The molecule has 0 aliphatic rings. The van der Waals surface area contributed by atoms with Gasteiger partial charge in [0.05, 0.1) is 10.2 Å². The molecule has 0 fully saturated rings. The third-order valence-corrected chi connectivity index (χ3v) is 2.95. The van der Waals surface area contributed by atoms with Crippen LogP contribution in [-0.4, -0.2) is 4.98 Å². The minimum Gasteiger partial charge on any atom is -0.421 e. The van der Waals surface area contributed by atoms with Gasteiger partial charge in [-0.15, -0.1) is 11.3 Å². The minimum atomic E-state index is -0.361. The van der Waals surface area contributed by atoms with Crippen LogP contribution in [0, 0.1) is 0 Å². The molecule has 3 aromatic rings. The van der Waals surface area contributed by atoms with E-state index in [2.05, 4.69) is 4.98 Å². The summed E-state index contributed by atoms with van der Waals surface area (Å²) in [5.74, 6) is 0. The molecule has 0 aliphatic carbocycles. The Morgan fingerprint density at radius 1 is 1.29 bits per heavy atom. The van der Waals surface area contributed by atoms with Crippen molar-refractivity contribution in [2.45, 2.75) is 0 Å². The fourth-order valence-electron chi connectivity index (χ4n) is 1.47. The summed E-state index contributed by atoms with van der Waals surface area (Å²) < 4.78 is 6.02. The number of aromatic nitrogens is 1. The van der Waals surface area contributed by atoms with Gasteiger partial charge in [-0.1, -0.05) is 12.1 Å². The molecule has 3 rings (SSSR count). The Morgan fingerprint density at radius 2 is 2.14 bits per heavy atom. The van der Waals surface area contributed by atoms with Crippen molar-refractivity contribution < 1.29 is 4.42 Å². The fourth-order valence-corrected chi connectivity index (χ4v) is 2.28. The van der Waals surface area contributed by atoms with E-state index in [1.165, 1.54) is 11.3 Å². The third kappa shape index (κ3) is 0.914. The zero-order valence-electron chi connectivity index (χ0n) is 7.06. The zero-order valence-corrected chi connectivity index (χ0v) is 7.88. The van der Waals surface area contributed by atoms with Crippen LogP contribution < -0.4 is 5.63 Å². The van der Waals surface area contributed by atoms with Crippen LogP contribution in [0.1, 0.15) is 0 Å². The van der Waals surface area contributed by atoms with Gasteiger partial charge >= 0.3 is 5.63 Å². The molecule has 0 amide bonds. The molecule has 0 radical (unpaired) electrons. The van der Waals surface area contributed by atoms with Gasteiger partial charge in [-0.05, 0) is 12.1 Å². The van der Waals surface area contributed by atoms with Gasteiger partial charge in [0.1, 0.15) is 5.58 Å². The first-order valence-electron chi connectivity index (χ1n) is 4.11. The van der Waals surface area contributed by atoms with Crippen molar-refractivity contribution in [1.82, 2.24) is 4.98 Å². The first kappa shape index (κ1) is 7.70. The monoisotopic (exact) mass is 203 g/mol. The van der Waals surface area contributed by atoms with Gasteiger partial charge in [-0.2, -0.15) is 0 Å². The number of nitrogens with zero attached hydrogens (tertiary/aromatic N) is 1. The molecule has 0 saturated carbocycles.